The fourth-order valence-corrected chi connectivity index (χ4v) is 4.49. The summed E-state index contributed by atoms with van der Waals surface area (Å²) >= 11 is 0. The largest absolute Gasteiger partial charge is 0.292 e. The number of carbonyl (C=O) groups excluding carboxylic acids is 2. The maximum atomic E-state index is 12.9. The van der Waals surface area contributed by atoms with Crippen molar-refractivity contribution in [1.29, 1.82) is 0 Å². The molecule has 4 heteroatoms. The SMILES string of the molecule is O=C1C[C@@H](N2CCC(Cc3ccccc3)CC2)C(=O)N1CCc1ccccc1. The number of hydrogen-bond donors (Lipinski definition) is 0. The van der Waals surface area contributed by atoms with Crippen LogP contribution in [0.15, 0.2) is 60.7 Å². The summed E-state index contributed by atoms with van der Waals surface area (Å²) < 4.78 is 0. The minimum Gasteiger partial charge on any atom is -0.292 e. The number of imide groups is 1. The summed E-state index contributed by atoms with van der Waals surface area (Å²) in [7, 11) is 0. The molecule has 28 heavy (non-hydrogen) atoms. The Kier molecular flexibility index (Phi) is 5.87. The summed E-state index contributed by atoms with van der Waals surface area (Å²) in [5, 5.41) is 0. The van der Waals surface area contributed by atoms with Crippen LogP contribution in [0.4, 0.5) is 0 Å². The summed E-state index contributed by atoms with van der Waals surface area (Å²) in [6, 6.07) is 20.4. The molecule has 2 aromatic rings. The third kappa shape index (κ3) is 4.33. The van der Waals surface area contributed by atoms with Gasteiger partial charge in [-0.3, -0.25) is 19.4 Å². The summed E-state index contributed by atoms with van der Waals surface area (Å²) in [4.78, 5) is 29.0. The standard InChI is InChI=1S/C24H28N2O2/c27-23-18-22(24(28)26(23)16-13-19-7-3-1-4-8-19)25-14-11-21(12-15-25)17-20-9-5-2-6-10-20/h1-10,21-22H,11-18H2/t22-/m1/s1. The van der Waals surface area contributed by atoms with E-state index in [9.17, 15) is 9.59 Å². The highest BCUT2D eigenvalue weighted by Gasteiger charge is 2.42. The molecule has 0 N–H and O–H groups in total. The summed E-state index contributed by atoms with van der Waals surface area (Å²) in [5.41, 5.74) is 2.55. The number of amides is 2. The first kappa shape index (κ1) is 18.9. The second kappa shape index (κ2) is 8.70. The molecule has 2 amide bonds. The van der Waals surface area contributed by atoms with Crippen molar-refractivity contribution >= 4 is 11.8 Å². The molecule has 0 aliphatic carbocycles. The molecule has 0 radical (unpaired) electrons. The van der Waals surface area contributed by atoms with Crippen LogP contribution in [0.2, 0.25) is 0 Å². The highest BCUT2D eigenvalue weighted by atomic mass is 16.2. The first-order valence-corrected chi connectivity index (χ1v) is 10.4. The van der Waals surface area contributed by atoms with Crippen molar-refractivity contribution in [2.75, 3.05) is 19.6 Å². The van der Waals surface area contributed by atoms with E-state index in [0.717, 1.165) is 44.3 Å². The van der Waals surface area contributed by atoms with E-state index in [2.05, 4.69) is 35.2 Å². The third-order valence-electron chi connectivity index (χ3n) is 6.14. The molecule has 2 saturated heterocycles. The average Bonchev–Trinajstić information content (AvgIpc) is 3.02. The summed E-state index contributed by atoms with van der Waals surface area (Å²) in [6.07, 6.45) is 4.37. The van der Waals surface area contributed by atoms with Crippen LogP contribution < -0.4 is 0 Å². The molecule has 0 saturated carbocycles. The highest BCUT2D eigenvalue weighted by Crippen LogP contribution is 2.27. The van der Waals surface area contributed by atoms with Crippen LogP contribution in [0.5, 0.6) is 0 Å². The van der Waals surface area contributed by atoms with Crippen molar-refractivity contribution < 1.29 is 9.59 Å². The first-order valence-electron chi connectivity index (χ1n) is 10.4. The van der Waals surface area contributed by atoms with Crippen LogP contribution in [-0.2, 0) is 22.4 Å². The maximum absolute atomic E-state index is 12.9. The van der Waals surface area contributed by atoms with Gasteiger partial charge in [-0.25, -0.2) is 0 Å². The van der Waals surface area contributed by atoms with Crippen LogP contribution in [0.3, 0.4) is 0 Å². The minimum atomic E-state index is -0.249. The molecule has 2 aromatic carbocycles. The molecule has 0 bridgehead atoms. The van der Waals surface area contributed by atoms with Gasteiger partial charge in [0.2, 0.25) is 11.8 Å². The molecule has 2 aliphatic rings. The van der Waals surface area contributed by atoms with Crippen molar-refractivity contribution in [3.63, 3.8) is 0 Å². The van der Waals surface area contributed by atoms with E-state index in [-0.39, 0.29) is 17.9 Å². The van der Waals surface area contributed by atoms with Gasteiger partial charge in [0.1, 0.15) is 0 Å². The van der Waals surface area contributed by atoms with Crippen molar-refractivity contribution in [2.45, 2.75) is 38.1 Å². The minimum absolute atomic E-state index is 0.00226. The fourth-order valence-electron chi connectivity index (χ4n) is 4.49. The van der Waals surface area contributed by atoms with Gasteiger partial charge in [-0.15, -0.1) is 0 Å². The van der Waals surface area contributed by atoms with Gasteiger partial charge in [0, 0.05) is 6.54 Å². The topological polar surface area (TPSA) is 40.6 Å². The van der Waals surface area contributed by atoms with E-state index in [4.69, 9.17) is 0 Å². The van der Waals surface area contributed by atoms with Crippen LogP contribution in [0, 0.1) is 5.92 Å². The molecule has 0 unspecified atom stereocenters. The Morgan fingerprint density at radius 2 is 1.43 bits per heavy atom. The van der Waals surface area contributed by atoms with Crippen molar-refractivity contribution in [1.82, 2.24) is 9.80 Å². The predicted molar refractivity (Wildman–Crippen MR) is 110 cm³/mol. The molecule has 146 valence electrons. The Morgan fingerprint density at radius 1 is 0.821 bits per heavy atom. The summed E-state index contributed by atoms with van der Waals surface area (Å²) in [5.74, 6) is 0.653. The van der Waals surface area contributed by atoms with E-state index >= 15 is 0 Å². The first-order chi connectivity index (χ1) is 13.7. The Labute approximate surface area is 167 Å². The third-order valence-corrected chi connectivity index (χ3v) is 6.14. The van der Waals surface area contributed by atoms with Crippen molar-refractivity contribution in [3.05, 3.63) is 71.8 Å². The molecule has 0 aromatic heterocycles. The molecule has 4 nitrogen and oxygen atoms in total. The molecule has 0 spiro atoms. The molecule has 2 aliphatic heterocycles. The lowest BCUT2D eigenvalue weighted by Gasteiger charge is -2.34. The number of rotatable bonds is 6. The number of likely N-dealkylation sites (tertiary alicyclic amines) is 2. The number of benzene rings is 2. The number of hydrogen-bond acceptors (Lipinski definition) is 3. The van der Waals surface area contributed by atoms with Gasteiger partial charge in [-0.05, 0) is 55.8 Å². The van der Waals surface area contributed by atoms with E-state index in [1.165, 1.54) is 10.5 Å². The zero-order valence-corrected chi connectivity index (χ0v) is 16.3. The van der Waals surface area contributed by atoms with Crippen molar-refractivity contribution in [3.8, 4) is 0 Å². The molecule has 2 heterocycles. The highest BCUT2D eigenvalue weighted by molar-refractivity contribution is 6.05. The quantitative estimate of drug-likeness (QED) is 0.726. The van der Waals surface area contributed by atoms with Gasteiger partial charge in [-0.1, -0.05) is 60.7 Å². The summed E-state index contributed by atoms with van der Waals surface area (Å²) in [6.45, 7) is 2.31. The fraction of sp³-hybridized carbons (Fsp3) is 0.417. The van der Waals surface area contributed by atoms with Crippen LogP contribution in [-0.4, -0.2) is 47.3 Å². The second-order valence-electron chi connectivity index (χ2n) is 8.01. The van der Waals surface area contributed by atoms with E-state index in [0.29, 0.717) is 18.9 Å². The Balaban J connectivity index is 1.29. The van der Waals surface area contributed by atoms with Crippen LogP contribution in [0.25, 0.3) is 0 Å². The predicted octanol–water partition coefficient (Wildman–Crippen LogP) is 3.31. The van der Waals surface area contributed by atoms with Gasteiger partial charge >= 0.3 is 0 Å². The smallest absolute Gasteiger partial charge is 0.247 e. The number of piperidine rings is 1. The Bertz CT molecular complexity index is 798. The zero-order valence-electron chi connectivity index (χ0n) is 16.3. The van der Waals surface area contributed by atoms with E-state index in [1.807, 2.05) is 30.3 Å². The van der Waals surface area contributed by atoms with Gasteiger partial charge in [-0.2, -0.15) is 0 Å². The lowest BCUT2D eigenvalue weighted by Crippen LogP contribution is -2.46. The zero-order chi connectivity index (χ0) is 19.3. The normalized spacial score (nSPS) is 21.4. The van der Waals surface area contributed by atoms with Gasteiger partial charge < -0.3 is 0 Å². The van der Waals surface area contributed by atoms with Crippen molar-refractivity contribution in [2.24, 2.45) is 5.92 Å². The Morgan fingerprint density at radius 3 is 2.07 bits per heavy atom. The van der Waals surface area contributed by atoms with E-state index < -0.39 is 0 Å². The average molecular weight is 377 g/mol. The van der Waals surface area contributed by atoms with Crippen LogP contribution >= 0.6 is 0 Å². The lowest BCUT2D eigenvalue weighted by atomic mass is 9.89. The number of nitrogens with zero attached hydrogens (tertiary/aromatic N) is 2. The second-order valence-corrected chi connectivity index (χ2v) is 8.01. The molecular formula is C24H28N2O2. The molecule has 4 rings (SSSR count). The Hall–Kier alpha value is -2.46. The van der Waals surface area contributed by atoms with Crippen LogP contribution in [0.1, 0.15) is 30.4 Å². The lowest BCUT2D eigenvalue weighted by molar-refractivity contribution is -0.139. The van der Waals surface area contributed by atoms with Gasteiger partial charge in [0.15, 0.2) is 0 Å². The monoisotopic (exact) mass is 376 g/mol. The van der Waals surface area contributed by atoms with Gasteiger partial charge in [0.25, 0.3) is 0 Å². The molecule has 2 fully saturated rings. The van der Waals surface area contributed by atoms with Gasteiger partial charge in [0.05, 0.1) is 12.5 Å². The number of carbonyl (C=O) groups is 2. The maximum Gasteiger partial charge on any atom is 0.247 e. The molecular weight excluding hydrogens is 348 g/mol. The van der Waals surface area contributed by atoms with E-state index in [1.54, 1.807) is 0 Å². The molecule has 1 atom stereocenters.